The number of aliphatic hydroxyl groups is 1. The number of phosphoric acid groups is 1. The maximum atomic E-state index is 12.9. The molecule has 59 heavy (non-hydrogen) atoms. The van der Waals surface area contributed by atoms with Crippen LogP contribution >= 0.6 is 7.82 Å². The molecule has 2 N–H and O–H groups in total. The van der Waals surface area contributed by atoms with Crippen molar-refractivity contribution in [1.29, 1.82) is 0 Å². The van der Waals surface area contributed by atoms with Crippen molar-refractivity contribution in [1.82, 2.24) is 5.32 Å². The zero-order valence-electron chi connectivity index (χ0n) is 40.0. The second kappa shape index (κ2) is 42.5. The Bertz CT molecular complexity index is 974. The van der Waals surface area contributed by atoms with Gasteiger partial charge in [-0.3, -0.25) is 9.36 Å². The monoisotopic (exact) mass is 857 g/mol. The molecule has 0 aliphatic carbocycles. The van der Waals surface area contributed by atoms with Gasteiger partial charge in [-0.25, -0.2) is 0 Å². The van der Waals surface area contributed by atoms with E-state index in [-0.39, 0.29) is 19.1 Å². The largest absolute Gasteiger partial charge is 0.756 e. The van der Waals surface area contributed by atoms with E-state index in [1.807, 2.05) is 27.2 Å². The number of quaternary nitrogens is 1. The van der Waals surface area contributed by atoms with Crippen LogP contribution in [-0.4, -0.2) is 68.5 Å². The summed E-state index contributed by atoms with van der Waals surface area (Å²) in [6, 6.07) is -0.879. The Morgan fingerprint density at radius 1 is 0.576 bits per heavy atom. The van der Waals surface area contributed by atoms with Gasteiger partial charge >= 0.3 is 0 Å². The van der Waals surface area contributed by atoms with Crippen molar-refractivity contribution in [2.45, 2.75) is 264 Å². The summed E-state index contributed by atoms with van der Waals surface area (Å²) in [5, 5.41) is 13.8. The van der Waals surface area contributed by atoms with E-state index in [9.17, 15) is 19.4 Å². The van der Waals surface area contributed by atoms with Gasteiger partial charge in [-0.05, 0) is 19.3 Å². The van der Waals surface area contributed by atoms with Crippen LogP contribution < -0.4 is 10.2 Å². The van der Waals surface area contributed by atoms with Crippen LogP contribution in [0.25, 0.3) is 0 Å². The summed E-state index contributed by atoms with van der Waals surface area (Å²) in [5.74, 6) is -0.194. The molecule has 0 spiro atoms. The smallest absolute Gasteiger partial charge is 0.268 e. The minimum atomic E-state index is -4.58. The first kappa shape index (κ1) is 58.2. The lowest BCUT2D eigenvalue weighted by molar-refractivity contribution is -0.870. The van der Waals surface area contributed by atoms with Crippen molar-refractivity contribution < 1.29 is 32.9 Å². The summed E-state index contributed by atoms with van der Waals surface area (Å²) < 4.78 is 23.2. The Hall–Kier alpha value is -0.760. The second-order valence-corrected chi connectivity index (χ2v) is 20.3. The van der Waals surface area contributed by atoms with Gasteiger partial charge in [0, 0.05) is 6.42 Å². The zero-order chi connectivity index (χ0) is 43.6. The van der Waals surface area contributed by atoms with Crippen LogP contribution in [0.1, 0.15) is 251 Å². The molecule has 0 aliphatic rings. The number of nitrogens with one attached hydrogen (secondary N) is 1. The number of amides is 1. The van der Waals surface area contributed by atoms with E-state index in [2.05, 4.69) is 19.2 Å². The van der Waals surface area contributed by atoms with Gasteiger partial charge in [0.1, 0.15) is 13.2 Å². The molecule has 3 atom stereocenters. The Kier molecular flexibility index (Phi) is 42.0. The van der Waals surface area contributed by atoms with Crippen LogP contribution in [0.3, 0.4) is 0 Å². The summed E-state index contributed by atoms with van der Waals surface area (Å²) in [7, 11) is 1.27. The molecule has 1 amide bonds. The number of allylic oxidation sites excluding steroid dienone is 1. The molecule has 352 valence electrons. The normalized spacial score (nSPS) is 14.2. The van der Waals surface area contributed by atoms with Gasteiger partial charge in [0.25, 0.3) is 7.82 Å². The third kappa shape index (κ3) is 45.1. The number of likely N-dealkylation sites (N-methyl/N-ethyl adjacent to an activating group) is 1. The molecular weight excluding hydrogens is 756 g/mol. The number of hydrogen-bond donors (Lipinski definition) is 2. The van der Waals surface area contributed by atoms with Crippen molar-refractivity contribution in [2.75, 3.05) is 40.9 Å². The first-order chi connectivity index (χ1) is 28.5. The molecule has 0 saturated carbocycles. The standard InChI is InChI=1S/C50H101N2O6P/c1-6-8-10-12-14-16-18-19-20-21-22-23-24-25-26-27-28-29-30-31-32-33-34-36-38-40-42-44-50(54)51-48(47-58-59(55,56)57-46-45-52(3,4)5)49(53)43-41-39-37-35-17-15-13-11-9-7-2/h41,43,48-49,53H,6-40,42,44-47H2,1-5H3,(H-,51,54,55,56)/b43-41+. The number of carbonyl (C=O) groups excluding carboxylic acids is 1. The van der Waals surface area contributed by atoms with E-state index in [1.165, 1.54) is 193 Å². The second-order valence-electron chi connectivity index (χ2n) is 18.9. The van der Waals surface area contributed by atoms with Gasteiger partial charge in [0.15, 0.2) is 0 Å². The quantitative estimate of drug-likeness (QED) is 0.0273. The number of carbonyl (C=O) groups is 1. The molecule has 0 saturated heterocycles. The molecule has 9 heteroatoms. The summed E-state index contributed by atoms with van der Waals surface area (Å²) in [4.78, 5) is 25.3. The van der Waals surface area contributed by atoms with Crippen molar-refractivity contribution in [3.63, 3.8) is 0 Å². The van der Waals surface area contributed by atoms with Crippen LogP contribution in [-0.2, 0) is 18.4 Å². The lowest BCUT2D eigenvalue weighted by Crippen LogP contribution is -2.45. The molecule has 0 aliphatic heterocycles. The van der Waals surface area contributed by atoms with Gasteiger partial charge in [0.05, 0.1) is 39.9 Å². The van der Waals surface area contributed by atoms with E-state index < -0.39 is 20.0 Å². The van der Waals surface area contributed by atoms with Gasteiger partial charge < -0.3 is 28.8 Å². The number of rotatable bonds is 47. The fourth-order valence-electron chi connectivity index (χ4n) is 7.68. The lowest BCUT2D eigenvalue weighted by atomic mass is 10.0. The van der Waals surface area contributed by atoms with Crippen LogP contribution in [0.2, 0.25) is 0 Å². The maximum Gasteiger partial charge on any atom is 0.268 e. The van der Waals surface area contributed by atoms with Gasteiger partial charge in [-0.1, -0.05) is 238 Å². The SMILES string of the molecule is CCCCCCCCCC/C=C/C(O)C(COP(=O)([O-])OCC[N+](C)(C)C)NC(=O)CCCCCCCCCCCCCCCCCCCCCCCCCCCCC. The minimum absolute atomic E-state index is 0.00198. The highest BCUT2D eigenvalue weighted by atomic mass is 31.2. The zero-order valence-corrected chi connectivity index (χ0v) is 40.9. The summed E-state index contributed by atoms with van der Waals surface area (Å²) in [6.07, 6.45) is 50.0. The van der Waals surface area contributed by atoms with E-state index >= 15 is 0 Å². The Balaban J connectivity index is 4.04. The first-order valence-electron chi connectivity index (χ1n) is 25.6. The van der Waals surface area contributed by atoms with Crippen molar-refractivity contribution in [2.24, 2.45) is 0 Å². The van der Waals surface area contributed by atoms with Crippen LogP contribution in [0.5, 0.6) is 0 Å². The third-order valence-electron chi connectivity index (χ3n) is 11.7. The third-order valence-corrected chi connectivity index (χ3v) is 12.7. The molecule has 0 aromatic carbocycles. The fraction of sp³-hybridized carbons (Fsp3) is 0.940. The van der Waals surface area contributed by atoms with Gasteiger partial charge in [-0.15, -0.1) is 0 Å². The van der Waals surface area contributed by atoms with Crippen molar-refractivity contribution in [3.05, 3.63) is 12.2 Å². The summed E-state index contributed by atoms with van der Waals surface area (Å²) >= 11 is 0. The maximum absolute atomic E-state index is 12.9. The molecule has 3 unspecified atom stereocenters. The molecule has 0 bridgehead atoms. The highest BCUT2D eigenvalue weighted by Gasteiger charge is 2.23. The molecule has 0 aromatic heterocycles. The first-order valence-corrected chi connectivity index (χ1v) is 27.0. The van der Waals surface area contributed by atoms with E-state index in [1.54, 1.807) is 6.08 Å². The molecule has 8 nitrogen and oxygen atoms in total. The molecular formula is C50H101N2O6P. The minimum Gasteiger partial charge on any atom is -0.756 e. The Labute approximate surface area is 367 Å². The predicted octanol–water partition coefficient (Wildman–Crippen LogP) is 14.1. The molecule has 0 heterocycles. The van der Waals surface area contributed by atoms with E-state index in [0.717, 1.165) is 38.5 Å². The average molecular weight is 857 g/mol. The number of hydrogen-bond acceptors (Lipinski definition) is 6. The summed E-state index contributed by atoms with van der Waals surface area (Å²) in [5.41, 5.74) is 0. The van der Waals surface area contributed by atoms with Crippen molar-refractivity contribution >= 4 is 13.7 Å². The number of phosphoric ester groups is 1. The number of unbranched alkanes of at least 4 members (excludes halogenated alkanes) is 34. The van der Waals surface area contributed by atoms with Crippen LogP contribution in [0.4, 0.5) is 0 Å². The molecule has 0 rings (SSSR count). The van der Waals surface area contributed by atoms with Crippen LogP contribution in [0.15, 0.2) is 12.2 Å². The highest BCUT2D eigenvalue weighted by Crippen LogP contribution is 2.38. The average Bonchev–Trinajstić information content (AvgIpc) is 3.19. The number of nitrogens with zero attached hydrogens (tertiary/aromatic N) is 1. The molecule has 0 fully saturated rings. The van der Waals surface area contributed by atoms with E-state index in [4.69, 9.17) is 9.05 Å². The van der Waals surface area contributed by atoms with E-state index in [0.29, 0.717) is 17.4 Å². The Morgan fingerprint density at radius 2 is 0.915 bits per heavy atom. The van der Waals surface area contributed by atoms with Crippen LogP contribution in [0, 0.1) is 0 Å². The Morgan fingerprint density at radius 3 is 1.27 bits per heavy atom. The molecule has 0 aromatic rings. The summed E-state index contributed by atoms with van der Waals surface area (Å²) in [6.45, 7) is 4.65. The predicted molar refractivity (Wildman–Crippen MR) is 252 cm³/mol. The number of aliphatic hydroxyl groups excluding tert-OH is 1. The topological polar surface area (TPSA) is 108 Å². The van der Waals surface area contributed by atoms with Gasteiger partial charge in [-0.2, -0.15) is 0 Å². The van der Waals surface area contributed by atoms with Crippen molar-refractivity contribution in [3.8, 4) is 0 Å². The lowest BCUT2D eigenvalue weighted by Gasteiger charge is -2.29. The fourth-order valence-corrected chi connectivity index (χ4v) is 8.41. The molecule has 0 radical (unpaired) electrons. The highest BCUT2D eigenvalue weighted by molar-refractivity contribution is 7.45. The van der Waals surface area contributed by atoms with Gasteiger partial charge in [0.2, 0.25) is 5.91 Å².